The second-order valence-corrected chi connectivity index (χ2v) is 3.67. The highest BCUT2D eigenvalue weighted by atomic mass is 16.6. The Kier molecular flexibility index (Phi) is 4.32. The average molecular weight is 233 g/mol. The third-order valence-electron chi connectivity index (χ3n) is 2.49. The molecule has 1 aliphatic heterocycles. The van der Waals surface area contributed by atoms with E-state index < -0.39 is 11.7 Å². The first kappa shape index (κ1) is 13.3. The van der Waals surface area contributed by atoms with Crippen LogP contribution in [0, 0.1) is 0 Å². The zero-order valence-corrected chi connectivity index (χ0v) is 10.8. The van der Waals surface area contributed by atoms with Crippen LogP contribution < -0.4 is 5.32 Å². The van der Waals surface area contributed by atoms with E-state index in [1.807, 2.05) is 64.1 Å². The van der Waals surface area contributed by atoms with Gasteiger partial charge in [-0.25, -0.2) is 4.79 Å². The number of hydrogen-bond acceptors (Lipinski definition) is 2. The van der Waals surface area contributed by atoms with E-state index in [1.165, 1.54) is 0 Å². The third-order valence-corrected chi connectivity index (χ3v) is 2.49. The van der Waals surface area contributed by atoms with Crippen molar-refractivity contribution in [3.05, 3.63) is 42.0 Å². The van der Waals surface area contributed by atoms with Gasteiger partial charge in [0.1, 0.15) is 0 Å². The van der Waals surface area contributed by atoms with Crippen molar-refractivity contribution in [2.75, 3.05) is 5.32 Å². The smallest absolute Gasteiger partial charge is 0.412 e. The number of allylic oxidation sites excluding steroid dienone is 1. The van der Waals surface area contributed by atoms with Crippen molar-refractivity contribution in [2.45, 2.75) is 33.3 Å². The fourth-order valence-electron chi connectivity index (χ4n) is 1.85. The van der Waals surface area contributed by atoms with Crippen LogP contribution in [0.2, 0.25) is 0 Å². The molecule has 1 N–H and O–H groups in total. The molecule has 1 heterocycles. The molecule has 2 rings (SSSR count). The van der Waals surface area contributed by atoms with Gasteiger partial charge >= 0.3 is 6.09 Å². The number of amides is 1. The lowest BCUT2D eigenvalue weighted by Crippen LogP contribution is -2.35. The lowest BCUT2D eigenvalue weighted by Gasteiger charge is -2.33. The number of nitrogens with one attached hydrogen (secondary N) is 1. The summed E-state index contributed by atoms with van der Waals surface area (Å²) in [6.45, 7) is 7.79. The van der Waals surface area contributed by atoms with E-state index in [0.29, 0.717) is 0 Å². The number of carbonyl (C=O) groups excluding carboxylic acids is 1. The lowest BCUT2D eigenvalue weighted by molar-refractivity contribution is 0.0643. The maximum atomic E-state index is 11.3. The van der Waals surface area contributed by atoms with Crippen molar-refractivity contribution in [1.29, 1.82) is 0 Å². The van der Waals surface area contributed by atoms with E-state index in [9.17, 15) is 4.79 Å². The van der Waals surface area contributed by atoms with Gasteiger partial charge in [-0.15, -0.1) is 0 Å². The molecule has 1 aromatic carbocycles. The van der Waals surface area contributed by atoms with Crippen LogP contribution in [0.3, 0.4) is 0 Å². The van der Waals surface area contributed by atoms with E-state index in [0.717, 1.165) is 11.3 Å². The predicted molar refractivity (Wildman–Crippen MR) is 70.1 cm³/mol. The minimum absolute atomic E-state index is 0.408. The number of anilines is 1. The monoisotopic (exact) mass is 233 g/mol. The SMILES string of the molecule is C/C=C/C1(C)OC(=O)Nc2ccccc21.CC. The largest absolute Gasteiger partial charge is 0.434 e. The Hall–Kier alpha value is -1.77. The van der Waals surface area contributed by atoms with Crippen LogP contribution in [0.15, 0.2) is 36.4 Å². The van der Waals surface area contributed by atoms with E-state index in [4.69, 9.17) is 4.74 Å². The molecule has 0 fully saturated rings. The molecule has 1 aliphatic rings. The first-order chi connectivity index (χ1) is 8.15. The van der Waals surface area contributed by atoms with Crippen LogP contribution in [0.25, 0.3) is 0 Å². The Labute approximate surface area is 102 Å². The number of rotatable bonds is 1. The van der Waals surface area contributed by atoms with Gasteiger partial charge in [0.05, 0.1) is 5.69 Å². The molecule has 0 aliphatic carbocycles. The van der Waals surface area contributed by atoms with Crippen molar-refractivity contribution < 1.29 is 9.53 Å². The average Bonchev–Trinajstić information content (AvgIpc) is 2.31. The fraction of sp³-hybridized carbons (Fsp3) is 0.357. The maximum absolute atomic E-state index is 11.3. The van der Waals surface area contributed by atoms with Gasteiger partial charge in [-0.3, -0.25) is 5.32 Å². The van der Waals surface area contributed by atoms with Gasteiger partial charge in [-0.2, -0.15) is 0 Å². The highest BCUT2D eigenvalue weighted by Gasteiger charge is 2.34. The van der Waals surface area contributed by atoms with Crippen LogP contribution in [-0.4, -0.2) is 6.09 Å². The van der Waals surface area contributed by atoms with Crippen LogP contribution in [0.1, 0.15) is 33.3 Å². The second-order valence-electron chi connectivity index (χ2n) is 3.67. The Bertz CT molecular complexity index is 426. The molecule has 0 aromatic heterocycles. The van der Waals surface area contributed by atoms with E-state index in [1.54, 1.807) is 0 Å². The Balaban J connectivity index is 0.000000686. The first-order valence-electron chi connectivity index (χ1n) is 5.89. The molecule has 1 atom stereocenters. The number of carbonyl (C=O) groups is 1. The molecular formula is C14H19NO2. The van der Waals surface area contributed by atoms with Crippen LogP contribution in [0.4, 0.5) is 10.5 Å². The fourth-order valence-corrected chi connectivity index (χ4v) is 1.85. The highest BCUT2D eigenvalue weighted by Crippen LogP contribution is 2.36. The van der Waals surface area contributed by atoms with Crippen molar-refractivity contribution in [1.82, 2.24) is 0 Å². The Morgan fingerprint density at radius 3 is 2.59 bits per heavy atom. The van der Waals surface area contributed by atoms with Gasteiger partial charge in [0.2, 0.25) is 0 Å². The molecule has 0 saturated heterocycles. The van der Waals surface area contributed by atoms with Gasteiger partial charge in [0, 0.05) is 5.56 Å². The summed E-state index contributed by atoms with van der Waals surface area (Å²) in [6.07, 6.45) is 3.36. The molecule has 17 heavy (non-hydrogen) atoms. The van der Waals surface area contributed by atoms with Gasteiger partial charge in [0.15, 0.2) is 5.60 Å². The summed E-state index contributed by atoms with van der Waals surface area (Å²) < 4.78 is 5.30. The third kappa shape index (κ3) is 2.67. The van der Waals surface area contributed by atoms with Crippen LogP contribution >= 0.6 is 0 Å². The van der Waals surface area contributed by atoms with Crippen molar-refractivity contribution in [3.8, 4) is 0 Å². The van der Waals surface area contributed by atoms with E-state index in [2.05, 4.69) is 5.32 Å². The molecule has 1 aromatic rings. The second kappa shape index (κ2) is 5.53. The quantitative estimate of drug-likeness (QED) is 0.743. The lowest BCUT2D eigenvalue weighted by atomic mass is 9.92. The molecule has 3 heteroatoms. The summed E-state index contributed by atoms with van der Waals surface area (Å²) >= 11 is 0. The minimum atomic E-state index is -0.659. The van der Waals surface area contributed by atoms with Crippen LogP contribution in [-0.2, 0) is 10.3 Å². The van der Waals surface area contributed by atoms with Gasteiger partial charge in [-0.05, 0) is 26.0 Å². The molecular weight excluding hydrogens is 214 g/mol. The van der Waals surface area contributed by atoms with Gasteiger partial charge in [-0.1, -0.05) is 38.1 Å². The summed E-state index contributed by atoms with van der Waals surface area (Å²) in [6, 6.07) is 7.65. The van der Waals surface area contributed by atoms with Gasteiger partial charge in [0.25, 0.3) is 0 Å². The normalized spacial score (nSPS) is 22.0. The number of cyclic esters (lactones) is 1. The topological polar surface area (TPSA) is 38.3 Å². The molecule has 1 unspecified atom stereocenters. The first-order valence-corrected chi connectivity index (χ1v) is 5.89. The summed E-state index contributed by atoms with van der Waals surface area (Å²) in [5.41, 5.74) is 1.13. The maximum Gasteiger partial charge on any atom is 0.412 e. The molecule has 0 bridgehead atoms. The summed E-state index contributed by atoms with van der Waals surface area (Å²) in [5.74, 6) is 0. The number of ether oxygens (including phenoxy) is 1. The highest BCUT2D eigenvalue weighted by molar-refractivity contribution is 5.89. The number of fused-ring (bicyclic) bond motifs is 1. The summed E-state index contributed by atoms with van der Waals surface area (Å²) in [5, 5.41) is 2.68. The molecule has 3 nitrogen and oxygen atoms in total. The Morgan fingerprint density at radius 1 is 1.29 bits per heavy atom. The van der Waals surface area contributed by atoms with Crippen LogP contribution in [0.5, 0.6) is 0 Å². The molecule has 0 saturated carbocycles. The zero-order valence-electron chi connectivity index (χ0n) is 10.8. The minimum Gasteiger partial charge on any atom is -0.434 e. The zero-order chi connectivity index (χ0) is 12.9. The van der Waals surface area contributed by atoms with Crippen molar-refractivity contribution in [2.24, 2.45) is 0 Å². The van der Waals surface area contributed by atoms with E-state index in [-0.39, 0.29) is 0 Å². The molecule has 0 radical (unpaired) electrons. The van der Waals surface area contributed by atoms with Gasteiger partial charge < -0.3 is 4.74 Å². The number of benzene rings is 1. The van der Waals surface area contributed by atoms with Crippen molar-refractivity contribution >= 4 is 11.8 Å². The standard InChI is InChI=1S/C12H13NO2.C2H6/c1-3-8-12(2)9-6-4-5-7-10(9)13-11(14)15-12;1-2/h3-8H,1-2H3,(H,13,14);1-2H3/b8-3+;. The summed E-state index contributed by atoms with van der Waals surface area (Å²) in [4.78, 5) is 11.3. The predicted octanol–water partition coefficient (Wildman–Crippen LogP) is 4.07. The molecule has 92 valence electrons. The molecule has 0 spiro atoms. The van der Waals surface area contributed by atoms with E-state index >= 15 is 0 Å². The number of para-hydroxylation sites is 1. The van der Waals surface area contributed by atoms with Crippen molar-refractivity contribution in [3.63, 3.8) is 0 Å². The molecule has 1 amide bonds. The Morgan fingerprint density at radius 2 is 1.94 bits per heavy atom. The summed E-state index contributed by atoms with van der Waals surface area (Å²) in [7, 11) is 0. The number of hydrogen-bond donors (Lipinski definition) is 1.